The Morgan fingerprint density at radius 3 is 2.89 bits per heavy atom. The molecule has 3 N–H and O–H groups in total. The summed E-state index contributed by atoms with van der Waals surface area (Å²) < 4.78 is 26.0. The number of hydrogen-bond acceptors (Lipinski definition) is 5. The summed E-state index contributed by atoms with van der Waals surface area (Å²) in [6.07, 6.45) is 2.70. The summed E-state index contributed by atoms with van der Waals surface area (Å²) in [5.74, 6) is 0.114. The predicted molar refractivity (Wildman–Crippen MR) is 67.2 cm³/mol. The van der Waals surface area contributed by atoms with Crippen LogP contribution in [0.5, 0.6) is 0 Å². The number of rotatable bonds is 2. The predicted octanol–water partition coefficient (Wildman–Crippen LogP) is 0.0552. The first-order valence-corrected chi connectivity index (χ1v) is 7.24. The smallest absolute Gasteiger partial charge is 0.246 e. The summed E-state index contributed by atoms with van der Waals surface area (Å²) >= 11 is 0. The molecule has 1 aliphatic heterocycles. The third-order valence-electron chi connectivity index (χ3n) is 3.32. The number of nitrogen functional groups attached to an aromatic ring is 1. The van der Waals surface area contributed by atoms with Gasteiger partial charge in [-0.05, 0) is 18.4 Å². The van der Waals surface area contributed by atoms with Gasteiger partial charge in [-0.25, -0.2) is 8.42 Å². The van der Waals surface area contributed by atoms with Crippen molar-refractivity contribution in [1.82, 2.24) is 9.29 Å². The minimum Gasteiger partial charge on any atom is -0.398 e. The van der Waals surface area contributed by atoms with Gasteiger partial charge in [-0.3, -0.25) is 4.98 Å². The minimum absolute atomic E-state index is 0.00625. The maximum atomic E-state index is 12.4. The average Bonchev–Trinajstić information content (AvgIpc) is 2.33. The lowest BCUT2D eigenvalue weighted by atomic mass is 9.98. The molecule has 2 atom stereocenters. The minimum atomic E-state index is -3.66. The lowest BCUT2D eigenvalue weighted by molar-refractivity contribution is 0.0605. The van der Waals surface area contributed by atoms with Gasteiger partial charge >= 0.3 is 0 Å². The molecule has 0 aliphatic carbocycles. The van der Waals surface area contributed by atoms with Gasteiger partial charge < -0.3 is 10.8 Å². The van der Waals surface area contributed by atoms with Crippen molar-refractivity contribution >= 4 is 15.7 Å². The first-order valence-electron chi connectivity index (χ1n) is 5.80. The summed E-state index contributed by atoms with van der Waals surface area (Å²) in [5.41, 5.74) is 5.85. The number of nitrogens with two attached hydrogens (primary N) is 1. The number of hydrogen-bond donors (Lipinski definition) is 2. The number of aliphatic hydroxyl groups is 1. The molecule has 0 amide bonds. The van der Waals surface area contributed by atoms with Crippen molar-refractivity contribution in [1.29, 1.82) is 0 Å². The molecule has 1 aliphatic rings. The third kappa shape index (κ3) is 2.33. The fourth-order valence-corrected chi connectivity index (χ4v) is 3.52. The second kappa shape index (κ2) is 4.83. The van der Waals surface area contributed by atoms with Crippen LogP contribution in [0.1, 0.15) is 13.3 Å². The molecule has 1 fully saturated rings. The van der Waals surface area contributed by atoms with Crippen molar-refractivity contribution in [3.8, 4) is 0 Å². The van der Waals surface area contributed by atoms with Crippen LogP contribution in [0, 0.1) is 5.92 Å². The van der Waals surface area contributed by atoms with Crippen LogP contribution < -0.4 is 5.73 Å². The molecule has 0 spiro atoms. The zero-order valence-electron chi connectivity index (χ0n) is 10.2. The van der Waals surface area contributed by atoms with E-state index in [4.69, 9.17) is 5.73 Å². The van der Waals surface area contributed by atoms with E-state index >= 15 is 0 Å². The summed E-state index contributed by atoms with van der Waals surface area (Å²) in [6.45, 7) is 2.42. The SMILES string of the molecule is CC1CCN(S(=O)(=O)c2cnccc2N)CC1O. The Bertz CT molecular complexity index is 532. The van der Waals surface area contributed by atoms with Crippen molar-refractivity contribution < 1.29 is 13.5 Å². The molecule has 7 heteroatoms. The van der Waals surface area contributed by atoms with Crippen molar-refractivity contribution in [2.45, 2.75) is 24.3 Å². The van der Waals surface area contributed by atoms with Crippen LogP contribution in [0.2, 0.25) is 0 Å². The maximum absolute atomic E-state index is 12.4. The van der Waals surface area contributed by atoms with Gasteiger partial charge in [-0.1, -0.05) is 6.92 Å². The Labute approximate surface area is 106 Å². The number of anilines is 1. The lowest BCUT2D eigenvalue weighted by Gasteiger charge is -2.33. The molecular weight excluding hydrogens is 254 g/mol. The topological polar surface area (TPSA) is 96.5 Å². The molecule has 2 rings (SSSR count). The first kappa shape index (κ1) is 13.3. The van der Waals surface area contributed by atoms with Crippen LogP contribution in [0.15, 0.2) is 23.4 Å². The molecule has 18 heavy (non-hydrogen) atoms. The van der Waals surface area contributed by atoms with E-state index in [1.165, 1.54) is 22.8 Å². The molecule has 100 valence electrons. The Hall–Kier alpha value is -1.18. The second-order valence-electron chi connectivity index (χ2n) is 4.61. The van der Waals surface area contributed by atoms with Crippen LogP contribution in [-0.4, -0.2) is 42.0 Å². The highest BCUT2D eigenvalue weighted by atomic mass is 32.2. The zero-order chi connectivity index (χ0) is 13.3. The quantitative estimate of drug-likeness (QED) is 0.792. The van der Waals surface area contributed by atoms with Crippen molar-refractivity contribution in [3.05, 3.63) is 18.5 Å². The third-order valence-corrected chi connectivity index (χ3v) is 5.22. The van der Waals surface area contributed by atoms with Gasteiger partial charge in [-0.15, -0.1) is 0 Å². The molecule has 1 aromatic heterocycles. The van der Waals surface area contributed by atoms with Crippen LogP contribution in [0.3, 0.4) is 0 Å². The Balaban J connectivity index is 2.30. The first-order chi connectivity index (χ1) is 8.43. The van der Waals surface area contributed by atoms with Crippen LogP contribution in [-0.2, 0) is 10.0 Å². The number of β-amino-alcohol motifs (C(OH)–C–C–N with tert-alkyl or cyclic N) is 1. The number of piperidine rings is 1. The molecule has 0 aromatic carbocycles. The highest BCUT2D eigenvalue weighted by molar-refractivity contribution is 7.89. The molecule has 0 saturated carbocycles. The molecule has 0 bridgehead atoms. The van der Waals surface area contributed by atoms with E-state index < -0.39 is 16.1 Å². The fourth-order valence-electron chi connectivity index (χ4n) is 1.98. The van der Waals surface area contributed by atoms with E-state index in [1.54, 1.807) is 0 Å². The number of sulfonamides is 1. The second-order valence-corrected chi connectivity index (χ2v) is 6.52. The van der Waals surface area contributed by atoms with E-state index in [0.29, 0.717) is 13.0 Å². The van der Waals surface area contributed by atoms with Gasteiger partial charge in [0.2, 0.25) is 10.0 Å². The van der Waals surface area contributed by atoms with Crippen molar-refractivity contribution in [2.24, 2.45) is 5.92 Å². The van der Waals surface area contributed by atoms with Crippen LogP contribution >= 0.6 is 0 Å². The Kier molecular flexibility index (Phi) is 3.56. The standard InChI is InChI=1S/C11H17N3O3S/c1-8-3-5-14(7-10(8)15)18(16,17)11-6-13-4-2-9(11)12/h2,4,6,8,10,15H,3,5,7H2,1H3,(H2,12,13). The Morgan fingerprint density at radius 2 is 2.28 bits per heavy atom. The number of pyridine rings is 1. The van der Waals surface area contributed by atoms with Gasteiger partial charge in [0.1, 0.15) is 4.90 Å². The Morgan fingerprint density at radius 1 is 1.56 bits per heavy atom. The average molecular weight is 271 g/mol. The molecule has 2 unspecified atom stereocenters. The molecule has 2 heterocycles. The zero-order valence-corrected chi connectivity index (χ0v) is 11.0. The molecule has 6 nitrogen and oxygen atoms in total. The van der Waals surface area contributed by atoms with E-state index in [2.05, 4.69) is 4.98 Å². The van der Waals surface area contributed by atoms with Crippen LogP contribution in [0.25, 0.3) is 0 Å². The monoisotopic (exact) mass is 271 g/mol. The van der Waals surface area contributed by atoms with Gasteiger partial charge in [0.15, 0.2) is 0 Å². The van der Waals surface area contributed by atoms with Gasteiger partial charge in [0.25, 0.3) is 0 Å². The van der Waals surface area contributed by atoms with E-state index in [-0.39, 0.29) is 23.0 Å². The van der Waals surface area contributed by atoms with Crippen molar-refractivity contribution in [3.63, 3.8) is 0 Å². The highest BCUT2D eigenvalue weighted by Gasteiger charge is 2.33. The molecule has 1 aromatic rings. The normalized spacial score (nSPS) is 26.1. The molecular formula is C11H17N3O3S. The van der Waals surface area contributed by atoms with E-state index in [0.717, 1.165) is 0 Å². The fraction of sp³-hybridized carbons (Fsp3) is 0.545. The van der Waals surface area contributed by atoms with Gasteiger partial charge in [0.05, 0.1) is 11.8 Å². The summed E-state index contributed by atoms with van der Waals surface area (Å²) in [7, 11) is -3.66. The largest absolute Gasteiger partial charge is 0.398 e. The number of nitrogens with zero attached hydrogens (tertiary/aromatic N) is 2. The lowest BCUT2D eigenvalue weighted by Crippen LogP contribution is -2.45. The number of aliphatic hydroxyl groups excluding tert-OH is 1. The highest BCUT2D eigenvalue weighted by Crippen LogP contribution is 2.26. The van der Waals surface area contributed by atoms with Crippen LogP contribution in [0.4, 0.5) is 5.69 Å². The summed E-state index contributed by atoms with van der Waals surface area (Å²) in [4.78, 5) is 3.80. The number of aromatic nitrogens is 1. The van der Waals surface area contributed by atoms with E-state index in [1.807, 2.05) is 6.92 Å². The van der Waals surface area contributed by atoms with Gasteiger partial charge in [0, 0.05) is 25.5 Å². The maximum Gasteiger partial charge on any atom is 0.246 e. The summed E-state index contributed by atoms with van der Waals surface area (Å²) in [6, 6.07) is 1.45. The molecule has 1 saturated heterocycles. The molecule has 0 radical (unpaired) electrons. The van der Waals surface area contributed by atoms with Gasteiger partial charge in [-0.2, -0.15) is 4.31 Å². The van der Waals surface area contributed by atoms with E-state index in [9.17, 15) is 13.5 Å². The summed E-state index contributed by atoms with van der Waals surface area (Å²) in [5, 5.41) is 9.77. The van der Waals surface area contributed by atoms with Crippen molar-refractivity contribution in [2.75, 3.05) is 18.8 Å².